The Balaban J connectivity index is 1.41. The maximum Gasteiger partial charge on any atom is 0.253 e. The summed E-state index contributed by atoms with van der Waals surface area (Å²) in [6.07, 6.45) is 11.7. The molecule has 8 nitrogen and oxygen atoms in total. The molecule has 4 heterocycles. The third-order valence-electron chi connectivity index (χ3n) is 9.49. The van der Waals surface area contributed by atoms with Gasteiger partial charge in [0.05, 0.1) is 17.4 Å². The van der Waals surface area contributed by atoms with Crippen molar-refractivity contribution in [1.82, 2.24) is 9.80 Å². The van der Waals surface area contributed by atoms with Crippen molar-refractivity contribution >= 4 is 34.2 Å². The van der Waals surface area contributed by atoms with Crippen LogP contribution in [0, 0.1) is 11.8 Å². The summed E-state index contributed by atoms with van der Waals surface area (Å²) in [4.78, 5) is 48.5. The van der Waals surface area contributed by atoms with Crippen molar-refractivity contribution in [2.45, 2.75) is 63.2 Å². The van der Waals surface area contributed by atoms with Crippen molar-refractivity contribution in [3.63, 3.8) is 0 Å². The quantitative estimate of drug-likeness (QED) is 0.362. The highest BCUT2D eigenvalue weighted by molar-refractivity contribution is 6.06. The molecule has 1 spiro atoms. The van der Waals surface area contributed by atoms with Crippen LogP contribution >= 0.6 is 0 Å². The Kier molecular flexibility index (Phi) is 7.70. The summed E-state index contributed by atoms with van der Waals surface area (Å²) in [5.41, 5.74) is -1.49. The van der Waals surface area contributed by atoms with E-state index in [1.807, 2.05) is 85.5 Å². The average Bonchev–Trinajstić information content (AvgIpc) is 3.25. The lowest BCUT2D eigenvalue weighted by Gasteiger charge is -2.37. The summed E-state index contributed by atoms with van der Waals surface area (Å²) in [6.45, 7) is 5.90. The maximum atomic E-state index is 14.7. The number of ether oxygens (including phenoxy) is 1. The molecule has 42 heavy (non-hydrogen) atoms. The van der Waals surface area contributed by atoms with Gasteiger partial charge in [0, 0.05) is 38.5 Å². The molecule has 1 N–H and O–H groups in total. The third-order valence-corrected chi connectivity index (χ3v) is 9.49. The topological polar surface area (TPSA) is 90.4 Å². The molecule has 0 radical (unpaired) electrons. The fraction of sp³-hybridized carbons (Fsp3) is 0.500. The number of carbonyl (C=O) groups is 3. The van der Waals surface area contributed by atoms with E-state index in [1.165, 1.54) is 0 Å². The van der Waals surface area contributed by atoms with Crippen LogP contribution in [0.15, 0.2) is 66.8 Å². The molecule has 222 valence electrons. The number of nitrogens with zero attached hydrogens (tertiary/aromatic N) is 3. The lowest BCUT2D eigenvalue weighted by atomic mass is 9.74. The first-order valence-corrected chi connectivity index (χ1v) is 15.4. The van der Waals surface area contributed by atoms with E-state index in [0.29, 0.717) is 39.0 Å². The normalized spacial score (nSPS) is 30.5. The van der Waals surface area contributed by atoms with Gasteiger partial charge in [-0.05, 0) is 49.1 Å². The molecular formula is C34H41N3O5. The molecule has 2 aromatic rings. The van der Waals surface area contributed by atoms with E-state index in [-0.39, 0.29) is 24.3 Å². The second-order valence-corrected chi connectivity index (χ2v) is 12.2. The molecule has 0 bridgehead atoms. The Morgan fingerprint density at radius 2 is 1.62 bits per heavy atom. The number of aliphatic hydroxyl groups is 1. The molecule has 1 unspecified atom stereocenters. The van der Waals surface area contributed by atoms with E-state index in [2.05, 4.69) is 0 Å². The van der Waals surface area contributed by atoms with Gasteiger partial charge in [-0.15, -0.1) is 0 Å². The summed E-state index contributed by atoms with van der Waals surface area (Å²) in [6, 6.07) is 13.1. The number of unbranched alkanes of at least 4 members (excludes halogenated alkanes) is 3. The third kappa shape index (κ3) is 4.56. The highest BCUT2D eigenvalue weighted by Crippen LogP contribution is 2.57. The fourth-order valence-corrected chi connectivity index (χ4v) is 7.61. The van der Waals surface area contributed by atoms with Crippen LogP contribution in [0.25, 0.3) is 10.8 Å². The Bertz CT molecular complexity index is 1440. The fourth-order valence-electron chi connectivity index (χ4n) is 7.61. The number of benzene rings is 2. The second-order valence-electron chi connectivity index (χ2n) is 12.2. The highest BCUT2D eigenvalue weighted by atomic mass is 16.5. The second kappa shape index (κ2) is 11.3. The first kappa shape index (κ1) is 28.6. The number of amides is 3. The van der Waals surface area contributed by atoms with Crippen LogP contribution in [0.1, 0.15) is 46.0 Å². The Morgan fingerprint density at radius 1 is 0.857 bits per heavy atom. The zero-order chi connectivity index (χ0) is 29.5. The molecule has 0 saturated carbocycles. The van der Waals surface area contributed by atoms with E-state index in [4.69, 9.17) is 4.74 Å². The van der Waals surface area contributed by atoms with Gasteiger partial charge in [-0.3, -0.25) is 14.4 Å². The molecule has 4 aliphatic heterocycles. The summed E-state index contributed by atoms with van der Waals surface area (Å²) in [7, 11) is 0. The van der Waals surface area contributed by atoms with Gasteiger partial charge < -0.3 is 24.5 Å². The lowest BCUT2D eigenvalue weighted by Crippen LogP contribution is -2.56. The summed E-state index contributed by atoms with van der Waals surface area (Å²) in [5, 5.41) is 11.3. The van der Waals surface area contributed by atoms with E-state index in [0.717, 1.165) is 35.7 Å². The molecule has 8 heteroatoms. The van der Waals surface area contributed by atoms with Crippen molar-refractivity contribution in [3.8, 4) is 0 Å². The van der Waals surface area contributed by atoms with Crippen LogP contribution in [-0.2, 0) is 19.1 Å². The van der Waals surface area contributed by atoms with E-state index in [1.54, 1.807) is 9.80 Å². The number of hydrogen-bond donors (Lipinski definition) is 1. The summed E-state index contributed by atoms with van der Waals surface area (Å²) < 4.78 is 6.93. The minimum atomic E-state index is -1.25. The molecule has 4 aliphatic rings. The lowest BCUT2D eigenvalue weighted by molar-refractivity contribution is -0.148. The van der Waals surface area contributed by atoms with Gasteiger partial charge in [0.25, 0.3) is 5.91 Å². The molecular weight excluding hydrogens is 530 g/mol. The van der Waals surface area contributed by atoms with Crippen molar-refractivity contribution in [2.75, 3.05) is 37.7 Å². The molecule has 2 aromatic carbocycles. The molecule has 3 amide bonds. The standard InChI is InChI=1S/C34H41N3O5/c1-3-18-35-19-10-16-33(2)27(30(35)39)28-31(40)37(20-8-4-5-9-22-38)29-32(41)36(21-11-17-34(28,29)42-33)26-15-14-24-12-6-7-13-25(24)23-26/h6-7,10-17,23,27-29,38H,3-5,8-9,18-22H2,1-2H3/t27-,28-,29?,33+,34-/m0/s1. The zero-order valence-corrected chi connectivity index (χ0v) is 24.6. The Labute approximate surface area is 247 Å². The molecule has 2 saturated heterocycles. The van der Waals surface area contributed by atoms with Crippen molar-refractivity contribution in [1.29, 1.82) is 0 Å². The SMILES string of the molecule is CCCN1CC=C[C@@]2(C)O[C@]34C=CCN(c5ccc6ccccc6c5)C(=O)C3N(CCCCCCO)C(=O)[C@@H]4[C@H]2C1=O. The van der Waals surface area contributed by atoms with Gasteiger partial charge in [-0.1, -0.05) is 74.4 Å². The monoisotopic (exact) mass is 571 g/mol. The number of likely N-dealkylation sites (tertiary alicyclic amines) is 1. The predicted molar refractivity (Wildman–Crippen MR) is 162 cm³/mol. The summed E-state index contributed by atoms with van der Waals surface area (Å²) in [5.74, 6) is -1.98. The molecule has 5 atom stereocenters. The minimum absolute atomic E-state index is 0.0837. The van der Waals surface area contributed by atoms with E-state index >= 15 is 0 Å². The number of rotatable bonds is 9. The summed E-state index contributed by atoms with van der Waals surface area (Å²) >= 11 is 0. The maximum absolute atomic E-state index is 14.7. The molecule has 0 aromatic heterocycles. The van der Waals surface area contributed by atoms with E-state index < -0.39 is 29.1 Å². The first-order chi connectivity index (χ1) is 20.3. The van der Waals surface area contributed by atoms with Crippen molar-refractivity contribution in [2.24, 2.45) is 11.8 Å². The van der Waals surface area contributed by atoms with Crippen LogP contribution in [0.4, 0.5) is 5.69 Å². The van der Waals surface area contributed by atoms with Gasteiger partial charge in [0.2, 0.25) is 11.8 Å². The van der Waals surface area contributed by atoms with Gasteiger partial charge in [0.1, 0.15) is 11.6 Å². The van der Waals surface area contributed by atoms with Gasteiger partial charge in [0.15, 0.2) is 0 Å². The van der Waals surface area contributed by atoms with Crippen LogP contribution in [0.3, 0.4) is 0 Å². The molecule has 6 rings (SSSR count). The number of anilines is 1. The Morgan fingerprint density at radius 3 is 2.40 bits per heavy atom. The number of aliphatic hydroxyl groups excluding tert-OH is 1. The largest absolute Gasteiger partial charge is 0.396 e. The minimum Gasteiger partial charge on any atom is -0.396 e. The highest BCUT2D eigenvalue weighted by Gasteiger charge is 2.74. The first-order valence-electron chi connectivity index (χ1n) is 15.4. The van der Waals surface area contributed by atoms with E-state index in [9.17, 15) is 19.5 Å². The van der Waals surface area contributed by atoms with Gasteiger partial charge in [-0.25, -0.2) is 0 Å². The zero-order valence-electron chi connectivity index (χ0n) is 24.6. The number of hydrogen-bond acceptors (Lipinski definition) is 5. The van der Waals surface area contributed by atoms with Gasteiger partial charge in [-0.2, -0.15) is 0 Å². The van der Waals surface area contributed by atoms with Gasteiger partial charge >= 0.3 is 0 Å². The Hall–Kier alpha value is -3.49. The predicted octanol–water partition coefficient (Wildman–Crippen LogP) is 4.07. The van der Waals surface area contributed by atoms with Crippen molar-refractivity contribution < 1.29 is 24.2 Å². The number of fused-ring (bicyclic) bond motifs is 3. The average molecular weight is 572 g/mol. The molecule has 2 fully saturated rings. The van der Waals surface area contributed by atoms with Crippen LogP contribution in [0.2, 0.25) is 0 Å². The number of carbonyl (C=O) groups excluding carboxylic acids is 3. The van der Waals surface area contributed by atoms with Crippen LogP contribution in [-0.4, -0.2) is 82.7 Å². The smallest absolute Gasteiger partial charge is 0.253 e. The molecule has 0 aliphatic carbocycles. The van der Waals surface area contributed by atoms with Crippen LogP contribution < -0.4 is 4.90 Å². The van der Waals surface area contributed by atoms with Crippen LogP contribution in [0.5, 0.6) is 0 Å². The van der Waals surface area contributed by atoms with Crippen molar-refractivity contribution in [3.05, 3.63) is 66.8 Å².